The Morgan fingerprint density at radius 1 is 0.526 bits per heavy atom. The van der Waals surface area contributed by atoms with Crippen molar-refractivity contribution in [1.29, 1.82) is 5.41 Å². The van der Waals surface area contributed by atoms with Crippen LogP contribution in [0.25, 0.3) is 0 Å². The molecular weight excluding hydrogens is 1000 g/mol. The van der Waals surface area contributed by atoms with Crippen LogP contribution in [-0.2, 0) is 64.0 Å². The molecule has 76 heavy (non-hydrogen) atoms. The largest absolute Gasteiger partial charge is 0.481 e. The summed E-state index contributed by atoms with van der Waals surface area (Å²) in [5.74, 6) is -13.3. The van der Waals surface area contributed by atoms with Crippen LogP contribution in [0.2, 0.25) is 0 Å². The smallest absolute Gasteiger partial charge is 0.326 e. The first-order chi connectivity index (χ1) is 35.5. The van der Waals surface area contributed by atoms with E-state index in [1.165, 1.54) is 6.92 Å². The molecule has 0 radical (unpaired) electrons. The molecule has 0 aliphatic carbocycles. The van der Waals surface area contributed by atoms with Gasteiger partial charge in [-0.15, -0.1) is 0 Å². The summed E-state index contributed by atoms with van der Waals surface area (Å²) in [5, 5.41) is 58.1. The number of amides is 10. The van der Waals surface area contributed by atoms with E-state index in [0.717, 1.165) is 0 Å². The second kappa shape index (κ2) is 33.8. The lowest BCUT2D eigenvalue weighted by molar-refractivity contribution is -0.147. The number of benzene rings is 1. The molecule has 29 heteroatoms. The molecule has 1 rings (SSSR count). The fourth-order valence-electron chi connectivity index (χ4n) is 7.13. The Hall–Kier alpha value is -7.95. The Morgan fingerprint density at radius 3 is 1.45 bits per heavy atom. The Labute approximate surface area is 439 Å². The van der Waals surface area contributed by atoms with E-state index in [4.69, 9.17) is 33.5 Å². The van der Waals surface area contributed by atoms with Crippen molar-refractivity contribution < 1.29 is 72.9 Å². The van der Waals surface area contributed by atoms with Crippen LogP contribution in [-0.4, -0.2) is 160 Å². The number of hydrogen-bond acceptors (Lipinski definition) is 15. The number of aliphatic carboxylic acids is 2. The van der Waals surface area contributed by atoms with Gasteiger partial charge in [-0.05, 0) is 62.8 Å². The Bertz CT molecular complexity index is 2200. The third-order valence-corrected chi connectivity index (χ3v) is 11.1. The molecule has 0 bridgehead atoms. The molecule has 0 spiro atoms. The molecule has 0 saturated heterocycles. The third-order valence-electron chi connectivity index (χ3n) is 11.1. The molecule has 0 fully saturated rings. The standard InChI is InChI=1S/C47H76N14O15/c1-23(2)18-30(57-39(68)27(48)13-15-35(49)63)42(71)54-25(5)38(67)55-29(14-16-36(50)64)41(70)59-32(20-26-10-7-6-8-11-26)44(73)56-28(12-9-17-53-47(51)52)40(69)61-34(22-62)45(74)58-31(19-24(3)4)43(72)60-33(46(75)76)21-37(65)66/h6-8,10-11,23-25,27-34,62H,9,12-22,48H2,1-5H3,(H2,49,63)(H2,50,64)(H,54,71)(H,55,67)(H,56,73)(H,57,68)(H,58,74)(H,59,70)(H,60,72)(H,61,69)(H,65,66)(H,75,76)(H4,51,52,53)/t25-,27-,28-,29-,30-,31-,32-,33-,34-/m0/s1. The average molecular weight is 1080 g/mol. The summed E-state index contributed by atoms with van der Waals surface area (Å²) in [6, 6.07) is -5.34. The first kappa shape index (κ1) is 66.1. The number of hydrogen-bond donors (Lipinski definition) is 17. The predicted octanol–water partition coefficient (Wildman–Crippen LogP) is -5.11. The van der Waals surface area contributed by atoms with Crippen molar-refractivity contribution in [1.82, 2.24) is 47.9 Å². The molecule has 424 valence electrons. The average Bonchev–Trinajstić information content (AvgIpc) is 3.32. The minimum Gasteiger partial charge on any atom is -0.481 e. The molecule has 10 amide bonds. The van der Waals surface area contributed by atoms with Gasteiger partial charge < -0.3 is 86.1 Å². The van der Waals surface area contributed by atoms with E-state index >= 15 is 0 Å². The van der Waals surface area contributed by atoms with Crippen LogP contribution < -0.4 is 70.8 Å². The Morgan fingerprint density at radius 2 is 0.947 bits per heavy atom. The van der Waals surface area contributed by atoms with Gasteiger partial charge in [-0.3, -0.25) is 58.1 Å². The van der Waals surface area contributed by atoms with Gasteiger partial charge in [0.1, 0.15) is 48.3 Å². The summed E-state index contributed by atoms with van der Waals surface area (Å²) in [5.41, 5.74) is 22.3. The van der Waals surface area contributed by atoms with Crippen LogP contribution in [0.3, 0.4) is 0 Å². The summed E-state index contributed by atoms with van der Waals surface area (Å²) in [6.07, 6.45) is -2.50. The predicted molar refractivity (Wildman–Crippen MR) is 271 cm³/mol. The van der Waals surface area contributed by atoms with Crippen LogP contribution in [0.15, 0.2) is 30.3 Å². The van der Waals surface area contributed by atoms with Crippen LogP contribution in [0.1, 0.15) is 98.0 Å². The highest BCUT2D eigenvalue weighted by Gasteiger charge is 2.35. The number of carboxylic acids is 2. The highest BCUT2D eigenvalue weighted by Crippen LogP contribution is 2.11. The summed E-state index contributed by atoms with van der Waals surface area (Å²) >= 11 is 0. The molecule has 29 nitrogen and oxygen atoms in total. The fraction of sp³-hybridized carbons (Fsp3) is 0.596. The van der Waals surface area contributed by atoms with E-state index in [1.54, 1.807) is 58.0 Å². The van der Waals surface area contributed by atoms with Gasteiger partial charge in [-0.1, -0.05) is 58.0 Å². The SMILES string of the molecule is CC(C)C[C@H](NC(=O)[C@H](CO)NC(=O)[C@H](CCCNC(=N)N)NC(=O)[C@H](Cc1ccccc1)NC(=O)[C@H](CCC(N)=O)NC(=O)[C@H](C)NC(=O)[C@H](CC(C)C)NC(=O)[C@@H](N)CCC(N)=O)C(=O)N[C@@H](CC(=O)O)C(=O)O. The first-order valence-electron chi connectivity index (χ1n) is 24.5. The zero-order valence-corrected chi connectivity index (χ0v) is 43.3. The summed E-state index contributed by atoms with van der Waals surface area (Å²) in [6.45, 7) is 7.10. The quantitative estimate of drug-likeness (QED) is 0.0170. The van der Waals surface area contributed by atoms with E-state index in [1.807, 2.05) is 0 Å². The van der Waals surface area contributed by atoms with E-state index in [9.17, 15) is 67.7 Å². The minimum atomic E-state index is -1.86. The molecule has 1 aromatic carbocycles. The lowest BCUT2D eigenvalue weighted by atomic mass is 10.0. The molecule has 0 saturated carbocycles. The number of nitrogens with two attached hydrogens (primary N) is 4. The van der Waals surface area contributed by atoms with E-state index < -0.39 is 157 Å². The van der Waals surface area contributed by atoms with E-state index in [-0.39, 0.29) is 63.3 Å². The van der Waals surface area contributed by atoms with Gasteiger partial charge in [-0.25, -0.2) is 4.79 Å². The molecule has 0 unspecified atom stereocenters. The zero-order valence-electron chi connectivity index (χ0n) is 43.3. The lowest BCUT2D eigenvalue weighted by Gasteiger charge is -2.28. The van der Waals surface area contributed by atoms with Gasteiger partial charge >= 0.3 is 11.9 Å². The zero-order chi connectivity index (χ0) is 57.8. The highest BCUT2D eigenvalue weighted by atomic mass is 16.4. The lowest BCUT2D eigenvalue weighted by Crippen LogP contribution is -2.61. The first-order valence-corrected chi connectivity index (χ1v) is 24.5. The van der Waals surface area contributed by atoms with E-state index in [0.29, 0.717) is 5.56 Å². The number of carboxylic acid groups (broad SMARTS) is 2. The molecule has 9 atom stereocenters. The van der Waals surface area contributed by atoms with Gasteiger partial charge in [0.2, 0.25) is 59.1 Å². The maximum atomic E-state index is 14.3. The van der Waals surface area contributed by atoms with Crippen molar-refractivity contribution in [2.24, 2.45) is 34.8 Å². The van der Waals surface area contributed by atoms with Gasteiger partial charge in [0, 0.05) is 25.8 Å². The Balaban J connectivity index is 3.52. The second-order valence-corrected chi connectivity index (χ2v) is 18.8. The maximum absolute atomic E-state index is 14.3. The minimum absolute atomic E-state index is 0.00794. The Kier molecular flexibility index (Phi) is 29.4. The van der Waals surface area contributed by atoms with Crippen molar-refractivity contribution in [3.63, 3.8) is 0 Å². The number of carbonyl (C=O) groups excluding carboxylic acids is 10. The van der Waals surface area contributed by atoms with Gasteiger partial charge in [0.25, 0.3) is 0 Å². The molecule has 21 N–H and O–H groups in total. The third kappa shape index (κ3) is 26.3. The van der Waals surface area contributed by atoms with Crippen molar-refractivity contribution in [3.05, 3.63) is 35.9 Å². The van der Waals surface area contributed by atoms with E-state index in [2.05, 4.69) is 47.9 Å². The molecule has 1 aromatic rings. The number of guanidine groups is 1. The van der Waals surface area contributed by atoms with Gasteiger partial charge in [-0.2, -0.15) is 0 Å². The molecule has 0 aliphatic rings. The number of nitrogens with one attached hydrogen (secondary N) is 10. The number of carbonyl (C=O) groups is 12. The molecule has 0 heterocycles. The molecular formula is C47H76N14O15. The number of rotatable bonds is 36. The maximum Gasteiger partial charge on any atom is 0.326 e. The number of aliphatic hydroxyl groups is 1. The van der Waals surface area contributed by atoms with Crippen LogP contribution in [0.5, 0.6) is 0 Å². The molecule has 0 aliphatic heterocycles. The van der Waals surface area contributed by atoms with Gasteiger partial charge in [0.05, 0.1) is 19.1 Å². The summed E-state index contributed by atoms with van der Waals surface area (Å²) in [4.78, 5) is 155. The summed E-state index contributed by atoms with van der Waals surface area (Å²) < 4.78 is 0. The topological polar surface area (TPSA) is 502 Å². The highest BCUT2D eigenvalue weighted by molar-refractivity contribution is 5.98. The molecule has 0 aromatic heterocycles. The van der Waals surface area contributed by atoms with Crippen molar-refractivity contribution in [2.45, 2.75) is 153 Å². The number of aliphatic hydroxyl groups excluding tert-OH is 1. The summed E-state index contributed by atoms with van der Waals surface area (Å²) in [7, 11) is 0. The monoisotopic (exact) mass is 1080 g/mol. The van der Waals surface area contributed by atoms with Gasteiger partial charge in [0.15, 0.2) is 5.96 Å². The van der Waals surface area contributed by atoms with Crippen LogP contribution in [0, 0.1) is 17.2 Å². The van der Waals surface area contributed by atoms with Crippen LogP contribution >= 0.6 is 0 Å². The van der Waals surface area contributed by atoms with Crippen LogP contribution in [0.4, 0.5) is 0 Å². The normalized spacial score (nSPS) is 14.5. The van der Waals surface area contributed by atoms with Crippen molar-refractivity contribution in [2.75, 3.05) is 13.2 Å². The second-order valence-electron chi connectivity index (χ2n) is 18.8. The van der Waals surface area contributed by atoms with Crippen molar-refractivity contribution in [3.8, 4) is 0 Å². The number of primary amides is 2. The van der Waals surface area contributed by atoms with Crippen molar-refractivity contribution >= 4 is 77.0 Å². The fourth-order valence-corrected chi connectivity index (χ4v) is 7.13.